The third-order valence-corrected chi connectivity index (χ3v) is 13.5. The second-order valence-corrected chi connectivity index (χ2v) is 16.2. The first-order chi connectivity index (χ1) is 26.2. The van der Waals surface area contributed by atoms with Gasteiger partial charge in [-0.05, 0) is 119 Å². The van der Waals surface area contributed by atoms with E-state index in [9.17, 15) is 0 Å². The van der Waals surface area contributed by atoms with Crippen molar-refractivity contribution in [1.29, 1.82) is 0 Å². The van der Waals surface area contributed by atoms with E-state index in [1.807, 2.05) is 0 Å². The Labute approximate surface area is 309 Å². The summed E-state index contributed by atoms with van der Waals surface area (Å²) in [5.74, 6) is 3.92. The standard InChI is InChI=1S/C50H38N2O/c1-3-11-32(12-4-1)45-29-46(33-13-5-2-6-14-33)52-49(51-45)39-17-8-7-15-37(39)34-19-20-43-40(26-34)41-28-48-42(38-16-9-10-18-47(38)53-48)27-44(41)50(43)35-22-30-21-31(24-35)25-36(50)23-30/h1-20,26-31,35-36H,21-25H2. The molecule has 0 atom stereocenters. The van der Waals surface area contributed by atoms with Crippen LogP contribution in [0.4, 0.5) is 0 Å². The molecule has 0 unspecified atom stereocenters. The van der Waals surface area contributed by atoms with Gasteiger partial charge in [-0.25, -0.2) is 9.97 Å². The zero-order valence-electron chi connectivity index (χ0n) is 29.5. The maximum absolute atomic E-state index is 6.56. The first-order valence-electron chi connectivity index (χ1n) is 19.4. The zero-order chi connectivity index (χ0) is 34.7. The van der Waals surface area contributed by atoms with Gasteiger partial charge in [-0.3, -0.25) is 0 Å². The van der Waals surface area contributed by atoms with Gasteiger partial charge < -0.3 is 4.42 Å². The topological polar surface area (TPSA) is 38.9 Å². The molecule has 13 rings (SSSR count). The van der Waals surface area contributed by atoms with Crippen molar-refractivity contribution in [1.82, 2.24) is 9.97 Å². The summed E-state index contributed by atoms with van der Waals surface area (Å²) >= 11 is 0. The molecular formula is C50H38N2O. The van der Waals surface area contributed by atoms with E-state index in [0.29, 0.717) is 11.8 Å². The number of rotatable bonds is 4. The van der Waals surface area contributed by atoms with Crippen molar-refractivity contribution >= 4 is 21.9 Å². The van der Waals surface area contributed by atoms with E-state index in [1.165, 1.54) is 59.6 Å². The van der Waals surface area contributed by atoms with Crippen LogP contribution in [0.1, 0.15) is 43.2 Å². The quantitative estimate of drug-likeness (QED) is 0.185. The van der Waals surface area contributed by atoms with E-state index in [-0.39, 0.29) is 5.41 Å². The van der Waals surface area contributed by atoms with E-state index < -0.39 is 0 Å². The first kappa shape index (κ1) is 29.7. The number of fused-ring (bicyclic) bond motifs is 6. The number of para-hydroxylation sites is 1. The molecule has 2 heterocycles. The maximum atomic E-state index is 6.56. The van der Waals surface area contributed by atoms with Gasteiger partial charge in [0.1, 0.15) is 11.2 Å². The molecule has 0 aliphatic heterocycles. The minimum Gasteiger partial charge on any atom is -0.456 e. The van der Waals surface area contributed by atoms with E-state index in [0.717, 1.165) is 62.5 Å². The highest BCUT2D eigenvalue weighted by Gasteiger charge is 2.61. The van der Waals surface area contributed by atoms with Gasteiger partial charge in [0, 0.05) is 32.9 Å². The Balaban J connectivity index is 1.07. The van der Waals surface area contributed by atoms with Gasteiger partial charge in [0.2, 0.25) is 0 Å². The molecule has 4 saturated carbocycles. The molecule has 0 radical (unpaired) electrons. The van der Waals surface area contributed by atoms with Gasteiger partial charge in [-0.2, -0.15) is 0 Å². The van der Waals surface area contributed by atoms with Crippen molar-refractivity contribution in [3.63, 3.8) is 0 Å². The second kappa shape index (κ2) is 11.1. The van der Waals surface area contributed by atoms with E-state index in [4.69, 9.17) is 14.4 Å². The van der Waals surface area contributed by atoms with E-state index in [2.05, 4.69) is 146 Å². The Kier molecular flexibility index (Phi) is 6.23. The predicted octanol–water partition coefficient (Wildman–Crippen LogP) is 12.8. The lowest BCUT2D eigenvalue weighted by Crippen LogP contribution is -2.55. The van der Waals surface area contributed by atoms with E-state index >= 15 is 0 Å². The zero-order valence-corrected chi connectivity index (χ0v) is 29.5. The molecule has 5 aliphatic rings. The SMILES string of the molecule is c1ccc(-c2cc(-c3ccccc3)nc(-c3ccccc3-c3ccc4c(c3)-c3cc5oc6ccccc6c5cc3C43C4CC5CC(C4)CC3C5)n2)cc1. The molecular weight excluding hydrogens is 645 g/mol. The molecule has 8 aromatic rings. The highest BCUT2D eigenvalue weighted by molar-refractivity contribution is 6.07. The molecule has 3 nitrogen and oxygen atoms in total. The summed E-state index contributed by atoms with van der Waals surface area (Å²) in [6.45, 7) is 0. The van der Waals surface area contributed by atoms with Crippen LogP contribution in [0.3, 0.4) is 0 Å². The van der Waals surface area contributed by atoms with Crippen molar-refractivity contribution in [2.24, 2.45) is 23.7 Å². The lowest BCUT2D eigenvalue weighted by molar-refractivity contribution is -0.0398. The summed E-state index contributed by atoms with van der Waals surface area (Å²) in [5.41, 5.74) is 15.3. The number of hydrogen-bond donors (Lipinski definition) is 0. The predicted molar refractivity (Wildman–Crippen MR) is 214 cm³/mol. The van der Waals surface area contributed by atoms with Gasteiger partial charge >= 0.3 is 0 Å². The number of furan rings is 1. The molecule has 3 heteroatoms. The normalized spacial score (nSPS) is 23.5. The van der Waals surface area contributed by atoms with Crippen LogP contribution in [0.2, 0.25) is 0 Å². The highest BCUT2D eigenvalue weighted by atomic mass is 16.3. The summed E-state index contributed by atoms with van der Waals surface area (Å²) in [7, 11) is 0. The summed E-state index contributed by atoms with van der Waals surface area (Å²) in [6, 6.07) is 52.6. The minimum atomic E-state index is 0.0699. The smallest absolute Gasteiger partial charge is 0.161 e. The molecule has 4 bridgehead atoms. The fourth-order valence-electron chi connectivity index (χ4n) is 11.6. The molecule has 6 aromatic carbocycles. The van der Waals surface area contributed by atoms with E-state index in [1.54, 1.807) is 11.1 Å². The van der Waals surface area contributed by atoms with Gasteiger partial charge in [-0.1, -0.05) is 115 Å². The first-order valence-corrected chi connectivity index (χ1v) is 19.4. The van der Waals surface area contributed by atoms with Gasteiger partial charge in [0.25, 0.3) is 0 Å². The number of hydrogen-bond acceptors (Lipinski definition) is 3. The summed E-state index contributed by atoms with van der Waals surface area (Å²) in [5, 5.41) is 2.48. The molecule has 2 aromatic heterocycles. The van der Waals surface area contributed by atoms with Crippen LogP contribution >= 0.6 is 0 Å². The van der Waals surface area contributed by atoms with Crippen LogP contribution in [0.25, 0.3) is 78.1 Å². The fraction of sp³-hybridized carbons (Fsp3) is 0.200. The Hall–Kier alpha value is -5.80. The molecule has 1 spiro atoms. The molecule has 0 saturated heterocycles. The summed E-state index contributed by atoms with van der Waals surface area (Å²) in [4.78, 5) is 10.5. The monoisotopic (exact) mass is 682 g/mol. The Bertz CT molecular complexity index is 2660. The second-order valence-electron chi connectivity index (χ2n) is 16.2. The average Bonchev–Trinajstić information content (AvgIpc) is 3.72. The van der Waals surface area contributed by atoms with Crippen LogP contribution in [0.15, 0.2) is 150 Å². The van der Waals surface area contributed by atoms with Gasteiger partial charge in [0.15, 0.2) is 5.82 Å². The highest BCUT2D eigenvalue weighted by Crippen LogP contribution is 2.70. The molecule has 53 heavy (non-hydrogen) atoms. The molecule has 0 N–H and O–H groups in total. The molecule has 254 valence electrons. The average molecular weight is 683 g/mol. The van der Waals surface area contributed by atoms with Crippen molar-refractivity contribution in [2.45, 2.75) is 37.5 Å². The molecule has 4 fully saturated rings. The Morgan fingerprint density at radius 1 is 0.434 bits per heavy atom. The van der Waals surface area contributed by atoms with Crippen LogP contribution < -0.4 is 0 Å². The van der Waals surface area contributed by atoms with Gasteiger partial charge in [0.05, 0.1) is 11.4 Å². The van der Waals surface area contributed by atoms with Crippen LogP contribution in [0.5, 0.6) is 0 Å². The number of aromatic nitrogens is 2. The third kappa shape index (κ3) is 4.28. The Morgan fingerprint density at radius 3 is 1.74 bits per heavy atom. The van der Waals surface area contributed by atoms with Crippen molar-refractivity contribution in [3.05, 3.63) is 157 Å². The van der Waals surface area contributed by atoms with Crippen LogP contribution in [0, 0.1) is 23.7 Å². The van der Waals surface area contributed by atoms with Crippen LogP contribution in [-0.4, -0.2) is 9.97 Å². The summed E-state index contributed by atoms with van der Waals surface area (Å²) < 4.78 is 6.56. The maximum Gasteiger partial charge on any atom is 0.161 e. The van der Waals surface area contributed by atoms with Crippen LogP contribution in [-0.2, 0) is 5.41 Å². The lowest BCUT2D eigenvalue weighted by Gasteiger charge is -2.61. The lowest BCUT2D eigenvalue weighted by atomic mass is 9.43. The van der Waals surface area contributed by atoms with Crippen molar-refractivity contribution in [2.75, 3.05) is 0 Å². The Morgan fingerprint density at radius 2 is 1.04 bits per heavy atom. The summed E-state index contributed by atoms with van der Waals surface area (Å²) in [6.07, 6.45) is 6.89. The number of benzene rings is 6. The van der Waals surface area contributed by atoms with Crippen molar-refractivity contribution in [3.8, 4) is 56.2 Å². The molecule has 0 amide bonds. The molecule has 5 aliphatic carbocycles. The number of nitrogens with zero attached hydrogens (tertiary/aromatic N) is 2. The minimum absolute atomic E-state index is 0.0699. The fourth-order valence-corrected chi connectivity index (χ4v) is 11.6. The van der Waals surface area contributed by atoms with Gasteiger partial charge in [-0.15, -0.1) is 0 Å². The van der Waals surface area contributed by atoms with Crippen molar-refractivity contribution < 1.29 is 4.42 Å². The third-order valence-electron chi connectivity index (χ3n) is 13.5. The largest absolute Gasteiger partial charge is 0.456 e.